The van der Waals surface area contributed by atoms with Gasteiger partial charge in [0.05, 0.1) is 0 Å². The molecule has 17 heavy (non-hydrogen) atoms. The summed E-state index contributed by atoms with van der Waals surface area (Å²) in [5.41, 5.74) is 1.22. The number of hydrogen-bond donors (Lipinski definition) is 1. The maximum Gasteiger partial charge on any atom is 0.156 e. The number of aliphatic hydroxyl groups excluding tert-OH is 1. The molecule has 0 saturated carbocycles. The highest BCUT2D eigenvalue weighted by molar-refractivity contribution is 5.37. The van der Waals surface area contributed by atoms with Crippen molar-refractivity contribution < 1.29 is 5.11 Å². The van der Waals surface area contributed by atoms with Crippen LogP contribution < -0.4 is 4.90 Å². The number of nitrogens with zero attached hydrogens (tertiary/aromatic N) is 3. The van der Waals surface area contributed by atoms with Gasteiger partial charge in [-0.3, -0.25) is 0 Å². The maximum absolute atomic E-state index is 8.99. The second-order valence-electron chi connectivity index (χ2n) is 3.83. The Bertz CT molecular complexity index is 473. The van der Waals surface area contributed by atoms with Gasteiger partial charge in [-0.15, -0.1) is 0 Å². The summed E-state index contributed by atoms with van der Waals surface area (Å²) in [6.45, 7) is 0.649. The van der Waals surface area contributed by atoms with Gasteiger partial charge in [-0.1, -0.05) is 30.3 Å². The third-order valence-electron chi connectivity index (χ3n) is 2.49. The van der Waals surface area contributed by atoms with Crippen molar-refractivity contribution in [3.8, 4) is 0 Å². The van der Waals surface area contributed by atoms with Crippen LogP contribution in [0, 0.1) is 0 Å². The molecule has 0 aliphatic carbocycles. The van der Waals surface area contributed by atoms with Crippen LogP contribution in [0.15, 0.2) is 42.6 Å². The maximum atomic E-state index is 8.99. The molecule has 2 aromatic rings. The molecule has 88 valence electrons. The summed E-state index contributed by atoms with van der Waals surface area (Å²) in [5, 5.41) is 8.99. The first-order chi connectivity index (χ1) is 8.29. The van der Waals surface area contributed by atoms with Gasteiger partial charge in [-0.25, -0.2) is 9.97 Å². The minimum atomic E-state index is -0.132. The molecule has 4 heteroatoms. The minimum absolute atomic E-state index is 0.132. The monoisotopic (exact) mass is 229 g/mol. The van der Waals surface area contributed by atoms with Gasteiger partial charge in [0.25, 0.3) is 0 Å². The summed E-state index contributed by atoms with van der Waals surface area (Å²) in [6.07, 6.45) is 1.66. The van der Waals surface area contributed by atoms with E-state index >= 15 is 0 Å². The van der Waals surface area contributed by atoms with E-state index in [9.17, 15) is 0 Å². The molecule has 0 saturated heterocycles. The zero-order valence-electron chi connectivity index (χ0n) is 9.74. The lowest BCUT2D eigenvalue weighted by Crippen LogP contribution is -2.18. The summed E-state index contributed by atoms with van der Waals surface area (Å²) in [4.78, 5) is 10.2. The highest BCUT2D eigenvalue weighted by Crippen LogP contribution is 2.11. The van der Waals surface area contributed by atoms with Crippen LogP contribution in [0.4, 0.5) is 5.82 Å². The fraction of sp³-hybridized carbons (Fsp3) is 0.231. The summed E-state index contributed by atoms with van der Waals surface area (Å²) in [6, 6.07) is 12.0. The Kier molecular flexibility index (Phi) is 3.67. The molecule has 0 amide bonds. The van der Waals surface area contributed by atoms with Gasteiger partial charge in [0.1, 0.15) is 12.4 Å². The van der Waals surface area contributed by atoms with Crippen molar-refractivity contribution in [3.63, 3.8) is 0 Å². The van der Waals surface area contributed by atoms with E-state index in [1.54, 1.807) is 6.20 Å². The normalized spacial score (nSPS) is 10.2. The van der Waals surface area contributed by atoms with Gasteiger partial charge >= 0.3 is 0 Å². The Labute approximate surface area is 101 Å². The Morgan fingerprint density at radius 1 is 1.18 bits per heavy atom. The third-order valence-corrected chi connectivity index (χ3v) is 2.49. The predicted molar refractivity (Wildman–Crippen MR) is 66.5 cm³/mol. The number of benzene rings is 1. The molecule has 1 N–H and O–H groups in total. The van der Waals surface area contributed by atoms with Crippen LogP contribution in [-0.4, -0.2) is 22.1 Å². The van der Waals surface area contributed by atoms with Gasteiger partial charge < -0.3 is 10.0 Å². The van der Waals surface area contributed by atoms with Crippen LogP contribution >= 0.6 is 0 Å². The van der Waals surface area contributed by atoms with Crippen molar-refractivity contribution in [1.29, 1.82) is 0 Å². The molecule has 2 rings (SSSR count). The largest absolute Gasteiger partial charge is 0.388 e. The van der Waals surface area contributed by atoms with Gasteiger partial charge in [0.2, 0.25) is 0 Å². The minimum Gasteiger partial charge on any atom is -0.388 e. The summed E-state index contributed by atoms with van der Waals surface area (Å²) >= 11 is 0. The van der Waals surface area contributed by atoms with Crippen molar-refractivity contribution in [2.24, 2.45) is 0 Å². The van der Waals surface area contributed by atoms with Crippen molar-refractivity contribution in [3.05, 3.63) is 54.0 Å². The number of aliphatic hydroxyl groups is 1. The van der Waals surface area contributed by atoms with Crippen LogP contribution in [-0.2, 0) is 13.2 Å². The van der Waals surface area contributed by atoms with E-state index in [1.165, 1.54) is 5.56 Å². The molecule has 0 unspecified atom stereocenters. The summed E-state index contributed by atoms with van der Waals surface area (Å²) < 4.78 is 0. The average molecular weight is 229 g/mol. The molecule has 0 radical (unpaired) electrons. The van der Waals surface area contributed by atoms with E-state index in [4.69, 9.17) is 5.11 Å². The van der Waals surface area contributed by atoms with Crippen molar-refractivity contribution in [2.75, 3.05) is 11.9 Å². The van der Waals surface area contributed by atoms with Gasteiger partial charge in [0, 0.05) is 19.8 Å². The molecular weight excluding hydrogens is 214 g/mol. The van der Waals surface area contributed by atoms with Gasteiger partial charge in [-0.05, 0) is 11.6 Å². The van der Waals surface area contributed by atoms with Crippen molar-refractivity contribution >= 4 is 5.82 Å². The summed E-state index contributed by atoms with van der Waals surface area (Å²) in [7, 11) is 1.97. The van der Waals surface area contributed by atoms with Crippen LogP contribution in [0.5, 0.6) is 0 Å². The molecule has 0 spiro atoms. The molecule has 0 fully saturated rings. The lowest BCUT2D eigenvalue weighted by Gasteiger charge is -2.18. The SMILES string of the molecule is CN(Cc1ccccc1)c1ccnc(CO)n1. The zero-order valence-corrected chi connectivity index (χ0v) is 9.74. The molecule has 0 aliphatic heterocycles. The topological polar surface area (TPSA) is 49.2 Å². The molecule has 0 bridgehead atoms. The van der Waals surface area contributed by atoms with Crippen LogP contribution in [0.1, 0.15) is 11.4 Å². The first-order valence-electron chi connectivity index (χ1n) is 5.47. The quantitative estimate of drug-likeness (QED) is 0.865. The molecule has 0 aliphatic rings. The number of hydrogen-bond acceptors (Lipinski definition) is 4. The van der Waals surface area contributed by atoms with E-state index in [-0.39, 0.29) is 6.61 Å². The lowest BCUT2D eigenvalue weighted by molar-refractivity contribution is 0.271. The summed E-state index contributed by atoms with van der Waals surface area (Å²) in [5.74, 6) is 1.26. The highest BCUT2D eigenvalue weighted by atomic mass is 16.3. The molecule has 1 aromatic carbocycles. The van der Waals surface area contributed by atoms with E-state index in [1.807, 2.05) is 36.2 Å². The van der Waals surface area contributed by atoms with Crippen molar-refractivity contribution in [2.45, 2.75) is 13.2 Å². The van der Waals surface area contributed by atoms with Gasteiger partial charge in [0.15, 0.2) is 5.82 Å². The van der Waals surface area contributed by atoms with E-state index in [0.29, 0.717) is 5.82 Å². The predicted octanol–water partition coefficient (Wildman–Crippen LogP) is 1.61. The lowest BCUT2D eigenvalue weighted by atomic mass is 10.2. The molecule has 1 aromatic heterocycles. The first kappa shape index (κ1) is 11.5. The Morgan fingerprint density at radius 3 is 2.65 bits per heavy atom. The van der Waals surface area contributed by atoms with Crippen LogP contribution in [0.3, 0.4) is 0 Å². The second kappa shape index (κ2) is 5.41. The van der Waals surface area contributed by atoms with E-state index < -0.39 is 0 Å². The second-order valence-corrected chi connectivity index (χ2v) is 3.83. The van der Waals surface area contributed by atoms with E-state index in [2.05, 4.69) is 22.1 Å². The smallest absolute Gasteiger partial charge is 0.156 e. The van der Waals surface area contributed by atoms with Crippen LogP contribution in [0.25, 0.3) is 0 Å². The molecule has 1 heterocycles. The van der Waals surface area contributed by atoms with Crippen LogP contribution in [0.2, 0.25) is 0 Å². The first-order valence-corrected chi connectivity index (χ1v) is 5.47. The fourth-order valence-electron chi connectivity index (χ4n) is 1.62. The number of aromatic nitrogens is 2. The van der Waals surface area contributed by atoms with Gasteiger partial charge in [-0.2, -0.15) is 0 Å². The third kappa shape index (κ3) is 3.01. The fourth-order valence-corrected chi connectivity index (χ4v) is 1.62. The standard InChI is InChI=1S/C13H15N3O/c1-16(9-11-5-3-2-4-6-11)13-7-8-14-12(10-17)15-13/h2-8,17H,9-10H2,1H3. The zero-order chi connectivity index (χ0) is 12.1. The number of rotatable bonds is 4. The molecular formula is C13H15N3O. The Balaban J connectivity index is 2.11. The number of anilines is 1. The highest BCUT2D eigenvalue weighted by Gasteiger charge is 2.04. The molecule has 4 nitrogen and oxygen atoms in total. The average Bonchev–Trinajstić information content (AvgIpc) is 2.40. The Hall–Kier alpha value is -1.94. The van der Waals surface area contributed by atoms with E-state index in [0.717, 1.165) is 12.4 Å². The van der Waals surface area contributed by atoms with Crippen molar-refractivity contribution in [1.82, 2.24) is 9.97 Å². The molecule has 0 atom stereocenters. The Morgan fingerprint density at radius 2 is 1.94 bits per heavy atom.